The Hall–Kier alpha value is -4.90. The van der Waals surface area contributed by atoms with Gasteiger partial charge in [-0.2, -0.15) is 5.10 Å². The minimum atomic E-state index is -0.132. The van der Waals surface area contributed by atoms with Crippen molar-refractivity contribution in [2.75, 3.05) is 5.32 Å². The van der Waals surface area contributed by atoms with Crippen molar-refractivity contribution < 1.29 is 9.21 Å². The summed E-state index contributed by atoms with van der Waals surface area (Å²) in [5, 5.41) is 10.4. The molecule has 8 nitrogen and oxygen atoms in total. The van der Waals surface area contributed by atoms with Gasteiger partial charge in [0.25, 0.3) is 0 Å². The number of carbonyl (C=O) groups is 1. The van der Waals surface area contributed by atoms with Gasteiger partial charge < -0.3 is 14.7 Å². The van der Waals surface area contributed by atoms with Gasteiger partial charge in [0.15, 0.2) is 11.5 Å². The number of rotatable bonds is 5. The van der Waals surface area contributed by atoms with Crippen molar-refractivity contribution in [1.82, 2.24) is 25.1 Å². The van der Waals surface area contributed by atoms with Gasteiger partial charge in [-0.15, -0.1) is 0 Å². The van der Waals surface area contributed by atoms with E-state index in [1.807, 2.05) is 56.3 Å². The van der Waals surface area contributed by atoms with E-state index >= 15 is 0 Å². The van der Waals surface area contributed by atoms with Gasteiger partial charge >= 0.3 is 0 Å². The van der Waals surface area contributed by atoms with Gasteiger partial charge in [0.05, 0.1) is 40.5 Å². The molecule has 8 heteroatoms. The molecule has 0 aliphatic carbocycles. The lowest BCUT2D eigenvalue weighted by atomic mass is 10.1. The van der Waals surface area contributed by atoms with Crippen molar-refractivity contribution in [2.45, 2.75) is 13.8 Å². The number of para-hydroxylation sites is 1. The Balaban J connectivity index is 1.41. The van der Waals surface area contributed by atoms with Gasteiger partial charge in [-0.1, -0.05) is 32.0 Å². The lowest BCUT2D eigenvalue weighted by Crippen LogP contribution is -2.17. The normalized spacial score (nSPS) is 11.3. The molecular formula is C27H20N6O2. The highest BCUT2D eigenvalue weighted by atomic mass is 16.3. The third kappa shape index (κ3) is 3.69. The van der Waals surface area contributed by atoms with E-state index < -0.39 is 0 Å². The van der Waals surface area contributed by atoms with Crippen LogP contribution in [0.5, 0.6) is 0 Å². The summed E-state index contributed by atoms with van der Waals surface area (Å²) in [5.41, 5.74) is 7.84. The second-order valence-electron chi connectivity index (χ2n) is 8.54. The molecule has 0 aliphatic heterocycles. The van der Waals surface area contributed by atoms with Gasteiger partial charge in [-0.3, -0.25) is 9.89 Å². The van der Waals surface area contributed by atoms with Crippen LogP contribution in [0, 0.1) is 18.1 Å². The van der Waals surface area contributed by atoms with Gasteiger partial charge in [0.2, 0.25) is 5.91 Å². The molecule has 0 unspecified atom stereocenters. The number of fused-ring (bicyclic) bond motifs is 2. The van der Waals surface area contributed by atoms with E-state index in [1.54, 1.807) is 18.6 Å². The topological polar surface area (TPSA) is 112 Å². The number of benzene rings is 1. The first-order valence-electron chi connectivity index (χ1n) is 11.2. The van der Waals surface area contributed by atoms with E-state index in [-0.39, 0.29) is 11.8 Å². The number of aromatic amines is 2. The molecule has 0 saturated heterocycles. The fourth-order valence-corrected chi connectivity index (χ4v) is 3.94. The third-order valence-corrected chi connectivity index (χ3v) is 5.79. The van der Waals surface area contributed by atoms with Crippen LogP contribution in [0.2, 0.25) is 0 Å². The van der Waals surface area contributed by atoms with Crippen molar-refractivity contribution >= 4 is 33.7 Å². The fourth-order valence-electron chi connectivity index (χ4n) is 3.94. The third-order valence-electron chi connectivity index (χ3n) is 5.79. The standard InChI is InChI=1S/C27H20N6O2/c1-15(2)27(34)28-18-6-3-5-16(13-18)20-9-10-22-24(29-20)25(33-32-22)26-30-21-8-4-7-19(23(21)31-26)17-11-12-35-14-17/h4-5,7-15H,1-2H3,(H,28,34)(H,30,31)(H,32,33). The number of aromatic nitrogens is 5. The van der Waals surface area contributed by atoms with Crippen LogP contribution in [0.15, 0.2) is 65.5 Å². The number of hydrogen-bond acceptors (Lipinski definition) is 5. The number of H-pyrrole nitrogens is 2. The largest absolute Gasteiger partial charge is 0.472 e. The van der Waals surface area contributed by atoms with E-state index in [2.05, 4.69) is 32.6 Å². The van der Waals surface area contributed by atoms with Crippen LogP contribution < -0.4 is 5.32 Å². The zero-order valence-corrected chi connectivity index (χ0v) is 19.0. The summed E-state index contributed by atoms with van der Waals surface area (Å²) >= 11 is 0. The van der Waals surface area contributed by atoms with E-state index in [0.717, 1.165) is 38.9 Å². The van der Waals surface area contributed by atoms with Crippen LogP contribution in [-0.2, 0) is 4.79 Å². The zero-order valence-electron chi connectivity index (χ0n) is 19.0. The molecule has 0 fully saturated rings. The van der Waals surface area contributed by atoms with E-state index in [9.17, 15) is 4.79 Å². The van der Waals surface area contributed by atoms with Crippen LogP contribution in [0.25, 0.3) is 56.0 Å². The Bertz CT molecular complexity index is 1680. The van der Waals surface area contributed by atoms with Gasteiger partial charge in [0.1, 0.15) is 5.52 Å². The van der Waals surface area contributed by atoms with E-state index in [0.29, 0.717) is 22.7 Å². The Morgan fingerprint density at radius 2 is 1.97 bits per heavy atom. The molecule has 0 spiro atoms. The summed E-state index contributed by atoms with van der Waals surface area (Å²) in [6, 6.07) is 21.2. The molecule has 0 radical (unpaired) electrons. The van der Waals surface area contributed by atoms with E-state index in [1.165, 1.54) is 0 Å². The van der Waals surface area contributed by atoms with Crippen molar-refractivity contribution in [3.05, 3.63) is 73.2 Å². The maximum absolute atomic E-state index is 12.1. The summed E-state index contributed by atoms with van der Waals surface area (Å²) in [7, 11) is 0. The lowest BCUT2D eigenvalue weighted by Gasteiger charge is -2.07. The Labute approximate surface area is 200 Å². The molecule has 0 atom stereocenters. The highest BCUT2D eigenvalue weighted by molar-refractivity contribution is 5.96. The van der Waals surface area contributed by atoms with Gasteiger partial charge in [-0.25, -0.2) is 9.97 Å². The van der Waals surface area contributed by atoms with Crippen LogP contribution in [0.1, 0.15) is 13.8 Å². The van der Waals surface area contributed by atoms with Crippen LogP contribution in [0.4, 0.5) is 5.69 Å². The van der Waals surface area contributed by atoms with Crippen molar-refractivity contribution in [2.24, 2.45) is 5.92 Å². The molecule has 4 aromatic heterocycles. The molecule has 6 rings (SSSR count). The number of pyridine rings is 1. The van der Waals surface area contributed by atoms with Crippen LogP contribution in [-0.4, -0.2) is 31.1 Å². The summed E-state index contributed by atoms with van der Waals surface area (Å²) in [6.07, 6.45) is 3.35. The first kappa shape index (κ1) is 20.7. The molecule has 0 aliphatic rings. The molecule has 1 amide bonds. The average molecular weight is 460 g/mol. The molecular weight excluding hydrogens is 440 g/mol. The number of amides is 1. The lowest BCUT2D eigenvalue weighted by molar-refractivity contribution is -0.118. The molecule has 2 aromatic carbocycles. The van der Waals surface area contributed by atoms with Crippen molar-refractivity contribution in [1.29, 1.82) is 0 Å². The Kier molecular flexibility index (Phi) is 4.82. The molecule has 6 aromatic rings. The van der Waals surface area contributed by atoms with Crippen molar-refractivity contribution in [3.63, 3.8) is 0 Å². The second kappa shape index (κ2) is 8.15. The predicted octanol–water partition coefficient (Wildman–Crippen LogP) is 5.62. The summed E-state index contributed by atoms with van der Waals surface area (Å²) in [5.74, 6) is 0.407. The molecule has 0 bridgehead atoms. The summed E-state index contributed by atoms with van der Waals surface area (Å²) in [4.78, 5) is 25.2. The highest BCUT2D eigenvalue weighted by Crippen LogP contribution is 2.32. The number of hydrogen-bond donors (Lipinski definition) is 3. The average Bonchev–Trinajstić information content (AvgIpc) is 3.62. The number of carbonyl (C=O) groups excluding carboxylic acids is 1. The summed E-state index contributed by atoms with van der Waals surface area (Å²) in [6.45, 7) is 3.68. The molecule has 0 saturated carbocycles. The number of furan rings is 1. The quantitative estimate of drug-likeness (QED) is 0.309. The highest BCUT2D eigenvalue weighted by Gasteiger charge is 2.17. The maximum atomic E-state index is 12.1. The number of nitrogens with zero attached hydrogens (tertiary/aromatic N) is 3. The minimum Gasteiger partial charge on any atom is -0.472 e. The smallest absolute Gasteiger partial charge is 0.227 e. The molecule has 170 valence electrons. The predicted molar refractivity (Wildman–Crippen MR) is 133 cm³/mol. The van der Waals surface area contributed by atoms with E-state index in [4.69, 9.17) is 14.4 Å². The molecule has 35 heavy (non-hydrogen) atoms. The zero-order chi connectivity index (χ0) is 23.9. The van der Waals surface area contributed by atoms with Crippen molar-refractivity contribution in [3.8, 4) is 33.9 Å². The van der Waals surface area contributed by atoms with Gasteiger partial charge in [-0.05, 0) is 42.5 Å². The second-order valence-corrected chi connectivity index (χ2v) is 8.54. The molecule has 3 N–H and O–H groups in total. The summed E-state index contributed by atoms with van der Waals surface area (Å²) < 4.78 is 5.26. The van der Waals surface area contributed by atoms with Gasteiger partial charge in [0, 0.05) is 22.6 Å². The van der Waals surface area contributed by atoms with Crippen LogP contribution in [0.3, 0.4) is 0 Å². The fraction of sp³-hybridized carbons (Fsp3) is 0.111. The number of imidazole rings is 1. The first-order valence-corrected chi connectivity index (χ1v) is 11.2. The first-order chi connectivity index (χ1) is 17.1. The SMILES string of the molecule is CC(C)C(=O)Nc1c#ccc(-c2ccc3[nH]nc(-c4nc5c(-c6ccoc6)cccc5[nH]4)c3n2)c1. The monoisotopic (exact) mass is 460 g/mol. The molecule has 4 heterocycles. The minimum absolute atomic E-state index is 0.0768. The maximum Gasteiger partial charge on any atom is 0.227 e. The number of nitrogens with one attached hydrogen (secondary N) is 3. The Morgan fingerprint density at radius 1 is 1.06 bits per heavy atom. The number of anilines is 1. The Morgan fingerprint density at radius 3 is 2.80 bits per heavy atom. The van der Waals surface area contributed by atoms with Crippen LogP contribution >= 0.6 is 0 Å².